The molecule has 0 bridgehead atoms. The fourth-order valence-electron chi connectivity index (χ4n) is 2.68. The molecule has 9 heteroatoms. The molecule has 6 nitrogen and oxygen atoms in total. The monoisotopic (exact) mass is 391 g/mol. The highest BCUT2D eigenvalue weighted by atomic mass is 19.4. The van der Waals surface area contributed by atoms with E-state index >= 15 is 0 Å². The van der Waals surface area contributed by atoms with Gasteiger partial charge in [0.1, 0.15) is 11.5 Å². The summed E-state index contributed by atoms with van der Waals surface area (Å²) in [5, 5.41) is 4.48. The van der Waals surface area contributed by atoms with Crippen LogP contribution in [-0.2, 0) is 19.1 Å². The third kappa shape index (κ3) is 4.65. The quantitative estimate of drug-likeness (QED) is 0.605. The van der Waals surface area contributed by atoms with Crippen LogP contribution in [0.25, 0.3) is 11.5 Å². The van der Waals surface area contributed by atoms with E-state index in [4.69, 9.17) is 4.74 Å². The van der Waals surface area contributed by atoms with Crippen molar-refractivity contribution >= 4 is 0 Å². The Bertz CT molecular complexity index is 922. The molecule has 28 heavy (non-hydrogen) atoms. The number of rotatable bonds is 7. The normalized spacial score (nSPS) is 11.6. The molecule has 2 heterocycles. The minimum Gasteiger partial charge on any atom is -0.480 e. The van der Waals surface area contributed by atoms with Gasteiger partial charge >= 0.3 is 6.18 Å². The van der Waals surface area contributed by atoms with Crippen LogP contribution in [-0.4, -0.2) is 31.8 Å². The van der Waals surface area contributed by atoms with Crippen LogP contribution in [0.1, 0.15) is 36.7 Å². The topological polar surface area (TPSA) is 65.7 Å². The molecule has 0 unspecified atom stereocenters. The maximum atomic E-state index is 13.0. The van der Waals surface area contributed by atoms with Crippen LogP contribution in [0.3, 0.4) is 0 Å². The number of aryl methyl sites for hydroxylation is 1. The van der Waals surface area contributed by atoms with Crippen LogP contribution in [0.15, 0.2) is 36.7 Å². The van der Waals surface area contributed by atoms with Crippen LogP contribution in [0, 0.1) is 0 Å². The Balaban J connectivity index is 1.91. The van der Waals surface area contributed by atoms with Gasteiger partial charge in [0, 0.05) is 13.0 Å². The maximum absolute atomic E-state index is 13.0. The molecule has 0 N–H and O–H groups in total. The Kier molecular flexibility index (Phi) is 5.91. The second-order valence-electron chi connectivity index (χ2n) is 6.25. The van der Waals surface area contributed by atoms with Gasteiger partial charge in [0.2, 0.25) is 11.7 Å². The van der Waals surface area contributed by atoms with Gasteiger partial charge < -0.3 is 4.74 Å². The molecule has 3 rings (SSSR count). The van der Waals surface area contributed by atoms with E-state index in [2.05, 4.69) is 27.0 Å². The molecule has 0 amide bonds. The Hall–Kier alpha value is -2.97. The van der Waals surface area contributed by atoms with E-state index < -0.39 is 11.7 Å². The van der Waals surface area contributed by atoms with E-state index in [0.29, 0.717) is 35.3 Å². The number of methoxy groups -OCH3 is 1. The summed E-state index contributed by atoms with van der Waals surface area (Å²) in [6.07, 6.45) is 0.675. The van der Waals surface area contributed by atoms with Gasteiger partial charge in [0.05, 0.1) is 25.1 Å². The second-order valence-corrected chi connectivity index (χ2v) is 6.25. The molecule has 0 aliphatic rings. The molecule has 2 aromatic heterocycles. The highest BCUT2D eigenvalue weighted by molar-refractivity contribution is 5.47. The SMILES string of the molecule is CCCCn1nc(-c2cnc(OC)cn2)nc1Cc1cccc(C(F)(F)F)c1. The first-order chi connectivity index (χ1) is 13.4. The van der Waals surface area contributed by atoms with Gasteiger partial charge in [-0.1, -0.05) is 31.5 Å². The summed E-state index contributed by atoms with van der Waals surface area (Å²) in [4.78, 5) is 12.8. The Morgan fingerprint density at radius 1 is 1.14 bits per heavy atom. The first-order valence-electron chi connectivity index (χ1n) is 8.87. The highest BCUT2D eigenvalue weighted by Crippen LogP contribution is 2.30. The second kappa shape index (κ2) is 8.37. The third-order valence-electron chi connectivity index (χ3n) is 4.15. The zero-order chi connectivity index (χ0) is 20.1. The Morgan fingerprint density at radius 2 is 1.96 bits per heavy atom. The van der Waals surface area contributed by atoms with Crippen LogP contribution < -0.4 is 4.74 Å². The standard InChI is InChI=1S/C19H20F3N5O/c1-3-4-8-27-16(10-13-6-5-7-14(9-13)19(20,21)22)25-18(26-27)15-11-24-17(28-2)12-23-15/h5-7,9,11-12H,3-4,8,10H2,1-2H3. The zero-order valence-electron chi connectivity index (χ0n) is 15.6. The average Bonchev–Trinajstić information content (AvgIpc) is 3.08. The average molecular weight is 391 g/mol. The van der Waals surface area contributed by atoms with Crippen molar-refractivity contribution in [1.29, 1.82) is 0 Å². The lowest BCUT2D eigenvalue weighted by molar-refractivity contribution is -0.137. The molecular formula is C19H20F3N5O. The number of benzene rings is 1. The molecule has 0 saturated heterocycles. The van der Waals surface area contributed by atoms with Crippen molar-refractivity contribution in [3.05, 3.63) is 53.6 Å². The first kappa shape index (κ1) is 19.8. The molecule has 0 fully saturated rings. The fourth-order valence-corrected chi connectivity index (χ4v) is 2.68. The lowest BCUT2D eigenvalue weighted by Crippen LogP contribution is -2.08. The van der Waals surface area contributed by atoms with E-state index in [1.54, 1.807) is 10.7 Å². The summed E-state index contributed by atoms with van der Waals surface area (Å²) in [5.74, 6) is 1.34. The van der Waals surface area contributed by atoms with E-state index in [0.717, 1.165) is 25.0 Å². The zero-order valence-corrected chi connectivity index (χ0v) is 15.6. The molecule has 0 aliphatic heterocycles. The van der Waals surface area contributed by atoms with E-state index in [9.17, 15) is 13.2 Å². The molecule has 1 aromatic carbocycles. The molecule has 0 spiro atoms. The number of unbranched alkanes of at least 4 members (excludes halogenated alkanes) is 1. The number of hydrogen-bond donors (Lipinski definition) is 0. The molecular weight excluding hydrogens is 371 g/mol. The van der Waals surface area contributed by atoms with Crippen molar-refractivity contribution in [2.24, 2.45) is 0 Å². The summed E-state index contributed by atoms with van der Waals surface area (Å²) < 4.78 is 45.7. The van der Waals surface area contributed by atoms with Gasteiger partial charge in [-0.15, -0.1) is 5.10 Å². The number of halogens is 3. The molecule has 0 aliphatic carbocycles. The third-order valence-corrected chi connectivity index (χ3v) is 4.15. The molecule has 0 atom stereocenters. The Labute approximate surface area is 160 Å². The van der Waals surface area contributed by atoms with Gasteiger partial charge in [-0.2, -0.15) is 13.2 Å². The van der Waals surface area contributed by atoms with E-state index in [1.165, 1.54) is 25.6 Å². The van der Waals surface area contributed by atoms with E-state index in [-0.39, 0.29) is 6.42 Å². The smallest absolute Gasteiger partial charge is 0.416 e. The minimum absolute atomic E-state index is 0.240. The lowest BCUT2D eigenvalue weighted by Gasteiger charge is -2.09. The van der Waals surface area contributed by atoms with Crippen molar-refractivity contribution < 1.29 is 17.9 Å². The van der Waals surface area contributed by atoms with Gasteiger partial charge in [0.15, 0.2) is 0 Å². The Morgan fingerprint density at radius 3 is 2.61 bits per heavy atom. The minimum atomic E-state index is -4.38. The van der Waals surface area contributed by atoms with Gasteiger partial charge in [-0.3, -0.25) is 0 Å². The number of ether oxygens (including phenoxy) is 1. The predicted molar refractivity (Wildman–Crippen MR) is 96.8 cm³/mol. The van der Waals surface area contributed by atoms with Crippen LogP contribution in [0.4, 0.5) is 13.2 Å². The summed E-state index contributed by atoms with van der Waals surface area (Å²) >= 11 is 0. The molecule has 0 radical (unpaired) electrons. The van der Waals surface area contributed by atoms with Crippen molar-refractivity contribution in [1.82, 2.24) is 24.7 Å². The number of alkyl halides is 3. The maximum Gasteiger partial charge on any atom is 0.416 e. The first-order valence-corrected chi connectivity index (χ1v) is 8.87. The van der Waals surface area contributed by atoms with Crippen LogP contribution >= 0.6 is 0 Å². The number of nitrogens with zero attached hydrogens (tertiary/aromatic N) is 5. The lowest BCUT2D eigenvalue weighted by atomic mass is 10.1. The molecule has 148 valence electrons. The van der Waals surface area contributed by atoms with Crippen molar-refractivity contribution in [2.75, 3.05) is 7.11 Å². The van der Waals surface area contributed by atoms with Crippen molar-refractivity contribution in [3.8, 4) is 17.4 Å². The number of hydrogen-bond acceptors (Lipinski definition) is 5. The van der Waals surface area contributed by atoms with Crippen molar-refractivity contribution in [3.63, 3.8) is 0 Å². The summed E-state index contributed by atoms with van der Waals surface area (Å²) in [6.45, 7) is 2.68. The van der Waals surface area contributed by atoms with Gasteiger partial charge in [-0.25, -0.2) is 19.6 Å². The number of aromatic nitrogens is 5. The summed E-state index contributed by atoms with van der Waals surface area (Å²) in [6, 6.07) is 5.26. The molecule has 0 saturated carbocycles. The fraction of sp³-hybridized carbons (Fsp3) is 0.368. The predicted octanol–water partition coefficient (Wildman–Crippen LogP) is 4.15. The van der Waals surface area contributed by atoms with Crippen LogP contribution in [0.5, 0.6) is 5.88 Å². The van der Waals surface area contributed by atoms with Crippen LogP contribution in [0.2, 0.25) is 0 Å². The summed E-state index contributed by atoms with van der Waals surface area (Å²) in [7, 11) is 1.49. The largest absolute Gasteiger partial charge is 0.480 e. The summed E-state index contributed by atoms with van der Waals surface area (Å²) in [5.41, 5.74) is 0.319. The van der Waals surface area contributed by atoms with E-state index in [1.807, 2.05) is 0 Å². The molecule has 3 aromatic rings. The van der Waals surface area contributed by atoms with Gasteiger partial charge in [0.25, 0.3) is 0 Å². The van der Waals surface area contributed by atoms with Crippen molar-refractivity contribution in [2.45, 2.75) is 38.9 Å². The van der Waals surface area contributed by atoms with Gasteiger partial charge in [-0.05, 0) is 18.1 Å². The highest BCUT2D eigenvalue weighted by Gasteiger charge is 2.30.